The number of halogens is 1. The summed E-state index contributed by atoms with van der Waals surface area (Å²) < 4.78 is 13.1. The van der Waals surface area contributed by atoms with Crippen molar-refractivity contribution in [2.75, 3.05) is 5.75 Å². The lowest BCUT2D eigenvalue weighted by Crippen LogP contribution is -2.29. The highest BCUT2D eigenvalue weighted by Crippen LogP contribution is 2.23. The van der Waals surface area contributed by atoms with Crippen molar-refractivity contribution in [3.8, 4) is 0 Å². The Balaban J connectivity index is 2.02. The lowest BCUT2D eigenvalue weighted by Gasteiger charge is -2.15. The quantitative estimate of drug-likeness (QED) is 0.494. The Morgan fingerprint density at radius 1 is 1.28 bits per heavy atom. The maximum atomic E-state index is 13.1. The molecule has 5 heteroatoms. The number of nitrogens with two attached hydrogens (primary N) is 1. The fraction of sp³-hybridized carbons (Fsp3) is 0.154. The van der Waals surface area contributed by atoms with Gasteiger partial charge in [0.2, 0.25) is 0 Å². The van der Waals surface area contributed by atoms with Crippen LogP contribution in [0.3, 0.4) is 0 Å². The first-order valence-electron chi connectivity index (χ1n) is 5.54. The van der Waals surface area contributed by atoms with E-state index in [2.05, 4.69) is 10.4 Å². The van der Waals surface area contributed by atoms with E-state index < -0.39 is 0 Å². The molecule has 0 radical (unpaired) electrons. The molecule has 3 N–H and O–H groups in total. The first-order valence-corrected chi connectivity index (χ1v) is 6.52. The monoisotopic (exact) mass is 263 g/mol. The lowest BCUT2D eigenvalue weighted by molar-refractivity contribution is 0.585. The van der Waals surface area contributed by atoms with E-state index in [9.17, 15) is 4.39 Å². The van der Waals surface area contributed by atoms with E-state index in [0.29, 0.717) is 5.75 Å². The van der Waals surface area contributed by atoms with Crippen LogP contribution < -0.4 is 11.3 Å². The Morgan fingerprint density at radius 3 is 2.72 bits per heavy atom. The second-order valence-electron chi connectivity index (χ2n) is 3.78. The standard InChI is InChI=1S/C13H14FN3S/c14-11-6-10(7-16-8-11)13(17-15)9-18-12-4-2-1-3-5-12/h1-8,13,17H,9,15H2. The first-order chi connectivity index (χ1) is 8.79. The van der Waals surface area contributed by atoms with Gasteiger partial charge in [-0.3, -0.25) is 16.3 Å². The zero-order valence-electron chi connectivity index (χ0n) is 9.71. The average molecular weight is 263 g/mol. The highest BCUT2D eigenvalue weighted by Gasteiger charge is 2.11. The van der Waals surface area contributed by atoms with Gasteiger partial charge in [-0.15, -0.1) is 11.8 Å². The van der Waals surface area contributed by atoms with Crippen LogP contribution >= 0.6 is 11.8 Å². The summed E-state index contributed by atoms with van der Waals surface area (Å²) in [5.41, 5.74) is 3.44. The van der Waals surface area contributed by atoms with Crippen molar-refractivity contribution in [1.82, 2.24) is 10.4 Å². The predicted molar refractivity (Wildman–Crippen MR) is 71.4 cm³/mol. The van der Waals surface area contributed by atoms with Crippen LogP contribution in [0, 0.1) is 5.82 Å². The Bertz CT molecular complexity index is 493. The van der Waals surface area contributed by atoms with Crippen molar-refractivity contribution in [3.63, 3.8) is 0 Å². The topological polar surface area (TPSA) is 50.9 Å². The van der Waals surface area contributed by atoms with Gasteiger partial charge in [0.25, 0.3) is 0 Å². The molecule has 1 aromatic carbocycles. The summed E-state index contributed by atoms with van der Waals surface area (Å²) in [5, 5.41) is 0. The van der Waals surface area contributed by atoms with Crippen LogP contribution in [0.5, 0.6) is 0 Å². The Morgan fingerprint density at radius 2 is 2.06 bits per heavy atom. The molecular weight excluding hydrogens is 249 g/mol. The summed E-state index contributed by atoms with van der Waals surface area (Å²) in [6, 6.07) is 11.3. The third-order valence-electron chi connectivity index (χ3n) is 2.49. The van der Waals surface area contributed by atoms with Crippen LogP contribution in [0.15, 0.2) is 53.7 Å². The zero-order valence-corrected chi connectivity index (χ0v) is 10.5. The molecule has 0 saturated heterocycles. The van der Waals surface area contributed by atoms with Gasteiger partial charge in [0.05, 0.1) is 12.2 Å². The molecule has 0 bridgehead atoms. The fourth-order valence-corrected chi connectivity index (χ4v) is 2.55. The maximum Gasteiger partial charge on any atom is 0.141 e. The van der Waals surface area contributed by atoms with Gasteiger partial charge in [0, 0.05) is 16.8 Å². The minimum atomic E-state index is -0.350. The third-order valence-corrected chi connectivity index (χ3v) is 3.59. The van der Waals surface area contributed by atoms with Crippen molar-refractivity contribution in [2.45, 2.75) is 10.9 Å². The minimum absolute atomic E-state index is 0.126. The molecular formula is C13H14FN3S. The molecule has 0 fully saturated rings. The molecule has 0 aliphatic rings. The summed E-state index contributed by atoms with van der Waals surface area (Å²) in [6.07, 6.45) is 2.81. The number of hydrogen-bond acceptors (Lipinski definition) is 4. The number of benzene rings is 1. The van der Waals surface area contributed by atoms with Crippen LogP contribution in [-0.4, -0.2) is 10.7 Å². The molecule has 2 rings (SSSR count). The van der Waals surface area contributed by atoms with Crippen LogP contribution in [0.2, 0.25) is 0 Å². The van der Waals surface area contributed by atoms with Gasteiger partial charge < -0.3 is 0 Å². The molecule has 18 heavy (non-hydrogen) atoms. The summed E-state index contributed by atoms with van der Waals surface area (Å²) in [6.45, 7) is 0. The molecule has 0 aliphatic heterocycles. The summed E-state index contributed by atoms with van der Waals surface area (Å²) in [7, 11) is 0. The van der Waals surface area contributed by atoms with Gasteiger partial charge in [-0.1, -0.05) is 18.2 Å². The molecule has 2 aromatic rings. The van der Waals surface area contributed by atoms with Gasteiger partial charge in [0.1, 0.15) is 5.82 Å². The molecule has 94 valence electrons. The summed E-state index contributed by atoms with van der Waals surface area (Å²) >= 11 is 1.66. The van der Waals surface area contributed by atoms with Gasteiger partial charge >= 0.3 is 0 Å². The Hall–Kier alpha value is -1.43. The minimum Gasteiger partial charge on any atom is -0.271 e. The lowest BCUT2D eigenvalue weighted by atomic mass is 10.1. The number of hydrogen-bond donors (Lipinski definition) is 2. The number of aromatic nitrogens is 1. The molecule has 3 nitrogen and oxygen atoms in total. The molecule has 0 saturated carbocycles. The van der Waals surface area contributed by atoms with Gasteiger partial charge in [0.15, 0.2) is 0 Å². The largest absolute Gasteiger partial charge is 0.271 e. The fourth-order valence-electron chi connectivity index (χ4n) is 1.56. The van der Waals surface area contributed by atoms with E-state index in [1.165, 1.54) is 12.3 Å². The second-order valence-corrected chi connectivity index (χ2v) is 4.87. The smallest absolute Gasteiger partial charge is 0.141 e. The van der Waals surface area contributed by atoms with Crippen LogP contribution in [0.25, 0.3) is 0 Å². The normalized spacial score (nSPS) is 12.3. The number of hydrazine groups is 1. The van der Waals surface area contributed by atoms with Crippen LogP contribution in [-0.2, 0) is 0 Å². The zero-order chi connectivity index (χ0) is 12.8. The van der Waals surface area contributed by atoms with Crippen LogP contribution in [0.1, 0.15) is 11.6 Å². The third kappa shape index (κ3) is 3.53. The van der Waals surface area contributed by atoms with E-state index in [0.717, 1.165) is 10.5 Å². The average Bonchev–Trinajstić information content (AvgIpc) is 2.41. The van der Waals surface area contributed by atoms with Crippen molar-refractivity contribution in [1.29, 1.82) is 0 Å². The van der Waals surface area contributed by atoms with Crippen LogP contribution in [0.4, 0.5) is 4.39 Å². The first kappa shape index (κ1) is 13.0. The maximum absolute atomic E-state index is 13.1. The van der Waals surface area contributed by atoms with E-state index in [1.54, 1.807) is 18.0 Å². The number of rotatable bonds is 5. The number of nitrogens with zero attached hydrogens (tertiary/aromatic N) is 1. The van der Waals surface area contributed by atoms with E-state index in [1.807, 2.05) is 30.3 Å². The second kappa shape index (κ2) is 6.49. The highest BCUT2D eigenvalue weighted by molar-refractivity contribution is 7.99. The molecule has 0 spiro atoms. The molecule has 1 unspecified atom stereocenters. The Kier molecular flexibility index (Phi) is 4.69. The van der Waals surface area contributed by atoms with Gasteiger partial charge in [-0.2, -0.15) is 0 Å². The number of pyridine rings is 1. The van der Waals surface area contributed by atoms with E-state index in [-0.39, 0.29) is 11.9 Å². The van der Waals surface area contributed by atoms with E-state index in [4.69, 9.17) is 5.84 Å². The number of thioether (sulfide) groups is 1. The van der Waals surface area contributed by atoms with Gasteiger partial charge in [-0.25, -0.2) is 4.39 Å². The summed E-state index contributed by atoms with van der Waals surface area (Å²) in [5.74, 6) is 5.87. The van der Waals surface area contributed by atoms with Crippen molar-refractivity contribution in [3.05, 3.63) is 60.2 Å². The summed E-state index contributed by atoms with van der Waals surface area (Å²) in [4.78, 5) is 4.98. The SMILES string of the molecule is NNC(CSc1ccccc1)c1cncc(F)c1. The van der Waals surface area contributed by atoms with Gasteiger partial charge in [-0.05, 0) is 23.8 Å². The van der Waals surface area contributed by atoms with Crippen molar-refractivity contribution < 1.29 is 4.39 Å². The Labute approximate surface area is 110 Å². The molecule has 0 amide bonds. The van der Waals surface area contributed by atoms with E-state index >= 15 is 0 Å². The van der Waals surface area contributed by atoms with Crippen molar-refractivity contribution >= 4 is 11.8 Å². The highest BCUT2D eigenvalue weighted by atomic mass is 32.2. The molecule has 1 atom stereocenters. The predicted octanol–water partition coefficient (Wildman–Crippen LogP) is 2.52. The van der Waals surface area contributed by atoms with Crippen molar-refractivity contribution in [2.24, 2.45) is 5.84 Å². The molecule has 1 heterocycles. The molecule has 0 aliphatic carbocycles. The number of nitrogens with one attached hydrogen (secondary N) is 1. The molecule has 1 aromatic heterocycles.